The fourth-order valence-electron chi connectivity index (χ4n) is 2.52. The number of benzene rings is 1. The quantitative estimate of drug-likeness (QED) is 0.573. The Hall–Kier alpha value is -1.49. The van der Waals surface area contributed by atoms with Gasteiger partial charge in [-0.2, -0.15) is 0 Å². The first-order valence-corrected chi connectivity index (χ1v) is 8.73. The van der Waals surface area contributed by atoms with Gasteiger partial charge in [0.1, 0.15) is 18.2 Å². The van der Waals surface area contributed by atoms with E-state index in [1.807, 2.05) is 12.1 Å². The topological polar surface area (TPSA) is 30.5 Å². The molecule has 0 fully saturated rings. The van der Waals surface area contributed by atoms with Gasteiger partial charge in [0, 0.05) is 15.8 Å². The number of hydrogen-bond donors (Lipinski definition) is 1. The average Bonchev–Trinajstić information content (AvgIpc) is 3.00. The van der Waals surface area contributed by atoms with Crippen LogP contribution in [0.25, 0.3) is 10.9 Å². The van der Waals surface area contributed by atoms with E-state index in [4.69, 9.17) is 16.0 Å². The second-order valence-electron chi connectivity index (χ2n) is 5.39. The summed E-state index contributed by atoms with van der Waals surface area (Å²) in [5.74, 6) is 0.979. The third kappa shape index (κ3) is 3.46. The number of pyridine rings is 1. The SMILES string of the molecule is CSc1ccc2cc(C[NH+](C)Cc3ccco3)c(Cl)nc2c1. The van der Waals surface area contributed by atoms with Crippen molar-refractivity contribution in [2.24, 2.45) is 0 Å². The summed E-state index contributed by atoms with van der Waals surface area (Å²) < 4.78 is 5.40. The van der Waals surface area contributed by atoms with Gasteiger partial charge in [0.05, 0.1) is 18.8 Å². The molecule has 1 N–H and O–H groups in total. The molecule has 114 valence electrons. The van der Waals surface area contributed by atoms with Crippen LogP contribution in [-0.4, -0.2) is 18.3 Å². The van der Waals surface area contributed by atoms with Crippen LogP contribution in [0, 0.1) is 0 Å². The van der Waals surface area contributed by atoms with Crippen LogP contribution in [-0.2, 0) is 13.1 Å². The molecule has 3 rings (SSSR count). The van der Waals surface area contributed by atoms with E-state index >= 15 is 0 Å². The Morgan fingerprint density at radius 3 is 2.82 bits per heavy atom. The molecule has 0 radical (unpaired) electrons. The summed E-state index contributed by atoms with van der Waals surface area (Å²) in [6.07, 6.45) is 3.76. The van der Waals surface area contributed by atoms with Gasteiger partial charge in [-0.15, -0.1) is 11.8 Å². The van der Waals surface area contributed by atoms with Crippen LogP contribution in [0.2, 0.25) is 5.15 Å². The summed E-state index contributed by atoms with van der Waals surface area (Å²) in [5, 5.41) is 1.72. The number of fused-ring (bicyclic) bond motifs is 1. The van der Waals surface area contributed by atoms with Crippen molar-refractivity contribution in [2.75, 3.05) is 13.3 Å². The first kappa shape index (κ1) is 15.4. The monoisotopic (exact) mass is 333 g/mol. The summed E-state index contributed by atoms with van der Waals surface area (Å²) in [4.78, 5) is 7.05. The lowest BCUT2D eigenvalue weighted by Crippen LogP contribution is -3.06. The highest BCUT2D eigenvalue weighted by Gasteiger charge is 2.12. The molecule has 1 unspecified atom stereocenters. The van der Waals surface area contributed by atoms with Crippen molar-refractivity contribution in [3.8, 4) is 0 Å². The van der Waals surface area contributed by atoms with Gasteiger partial charge in [-0.05, 0) is 36.6 Å². The minimum atomic E-state index is 0.588. The number of aromatic nitrogens is 1. The Morgan fingerprint density at radius 2 is 2.09 bits per heavy atom. The molecule has 0 amide bonds. The van der Waals surface area contributed by atoms with E-state index in [-0.39, 0.29) is 0 Å². The summed E-state index contributed by atoms with van der Waals surface area (Å²) in [6, 6.07) is 12.3. The predicted octanol–water partition coefficient (Wildman–Crippen LogP) is 3.42. The van der Waals surface area contributed by atoms with E-state index in [2.05, 4.69) is 42.6 Å². The third-order valence-electron chi connectivity index (χ3n) is 3.60. The Balaban J connectivity index is 1.82. The van der Waals surface area contributed by atoms with Crippen molar-refractivity contribution in [3.05, 3.63) is 59.1 Å². The molecule has 5 heteroatoms. The molecular formula is C17H18ClN2OS+. The lowest BCUT2D eigenvalue weighted by Gasteiger charge is -2.14. The van der Waals surface area contributed by atoms with E-state index < -0.39 is 0 Å². The molecule has 0 aliphatic rings. The van der Waals surface area contributed by atoms with Crippen LogP contribution in [0.5, 0.6) is 0 Å². The van der Waals surface area contributed by atoms with Gasteiger partial charge in [-0.1, -0.05) is 17.7 Å². The zero-order valence-corrected chi connectivity index (χ0v) is 14.2. The molecule has 0 spiro atoms. The molecule has 1 aromatic carbocycles. The molecule has 3 aromatic rings. The van der Waals surface area contributed by atoms with Crippen LogP contribution >= 0.6 is 23.4 Å². The number of hydrogen-bond acceptors (Lipinski definition) is 3. The third-order valence-corrected chi connectivity index (χ3v) is 4.65. The number of nitrogens with one attached hydrogen (secondary N) is 1. The van der Waals surface area contributed by atoms with E-state index in [0.29, 0.717) is 5.15 Å². The second-order valence-corrected chi connectivity index (χ2v) is 6.62. The number of furan rings is 1. The Labute approximate surface area is 139 Å². The Bertz CT molecular complexity index is 774. The number of rotatable bonds is 5. The van der Waals surface area contributed by atoms with E-state index in [1.165, 1.54) is 9.80 Å². The zero-order valence-electron chi connectivity index (χ0n) is 12.6. The summed E-state index contributed by atoms with van der Waals surface area (Å²) in [5.41, 5.74) is 2.01. The molecule has 3 nitrogen and oxygen atoms in total. The largest absolute Gasteiger partial charge is 0.463 e. The Morgan fingerprint density at radius 1 is 1.23 bits per heavy atom. The van der Waals surface area contributed by atoms with Crippen LogP contribution < -0.4 is 4.90 Å². The van der Waals surface area contributed by atoms with Gasteiger partial charge in [0.2, 0.25) is 0 Å². The fraction of sp³-hybridized carbons (Fsp3) is 0.235. The molecule has 0 aliphatic carbocycles. The Kier molecular flexibility index (Phi) is 4.71. The zero-order chi connectivity index (χ0) is 15.5. The van der Waals surface area contributed by atoms with Gasteiger partial charge >= 0.3 is 0 Å². The minimum Gasteiger partial charge on any atom is -0.463 e. The molecule has 0 aliphatic heterocycles. The van der Waals surface area contributed by atoms with Crippen molar-refractivity contribution in [1.29, 1.82) is 0 Å². The second kappa shape index (κ2) is 6.73. The molecule has 1 atom stereocenters. The van der Waals surface area contributed by atoms with Crippen molar-refractivity contribution in [2.45, 2.75) is 18.0 Å². The molecule has 2 heterocycles. The smallest absolute Gasteiger partial charge is 0.157 e. The molecular weight excluding hydrogens is 316 g/mol. The minimum absolute atomic E-state index is 0.588. The van der Waals surface area contributed by atoms with Crippen molar-refractivity contribution >= 4 is 34.3 Å². The molecule has 0 saturated carbocycles. The molecule has 0 bridgehead atoms. The maximum atomic E-state index is 6.37. The predicted molar refractivity (Wildman–Crippen MR) is 91.5 cm³/mol. The van der Waals surface area contributed by atoms with Crippen LogP contribution in [0.4, 0.5) is 0 Å². The van der Waals surface area contributed by atoms with E-state index in [1.54, 1.807) is 18.0 Å². The van der Waals surface area contributed by atoms with Crippen LogP contribution in [0.3, 0.4) is 0 Å². The van der Waals surface area contributed by atoms with Gasteiger partial charge in [0.25, 0.3) is 0 Å². The lowest BCUT2D eigenvalue weighted by atomic mass is 10.1. The van der Waals surface area contributed by atoms with Crippen LogP contribution in [0.1, 0.15) is 11.3 Å². The van der Waals surface area contributed by atoms with Gasteiger partial charge in [-0.3, -0.25) is 0 Å². The number of nitrogens with zero attached hydrogens (tertiary/aromatic N) is 1. The summed E-state index contributed by atoms with van der Waals surface area (Å²) in [6.45, 7) is 1.64. The number of thioether (sulfide) groups is 1. The lowest BCUT2D eigenvalue weighted by molar-refractivity contribution is -0.908. The highest BCUT2D eigenvalue weighted by Crippen LogP contribution is 2.24. The molecule has 0 saturated heterocycles. The maximum Gasteiger partial charge on any atom is 0.157 e. The van der Waals surface area contributed by atoms with Gasteiger partial charge in [0.15, 0.2) is 5.76 Å². The van der Waals surface area contributed by atoms with Crippen molar-refractivity contribution < 1.29 is 9.32 Å². The van der Waals surface area contributed by atoms with Gasteiger partial charge < -0.3 is 9.32 Å². The maximum absolute atomic E-state index is 6.37. The summed E-state index contributed by atoms with van der Waals surface area (Å²) >= 11 is 8.08. The summed E-state index contributed by atoms with van der Waals surface area (Å²) in [7, 11) is 2.12. The van der Waals surface area contributed by atoms with Gasteiger partial charge in [-0.25, -0.2) is 4.98 Å². The van der Waals surface area contributed by atoms with Crippen molar-refractivity contribution in [1.82, 2.24) is 4.98 Å². The highest BCUT2D eigenvalue weighted by atomic mass is 35.5. The van der Waals surface area contributed by atoms with Crippen molar-refractivity contribution in [3.63, 3.8) is 0 Å². The van der Waals surface area contributed by atoms with Crippen LogP contribution in [0.15, 0.2) is 52.0 Å². The number of halogens is 1. The molecule has 2 aromatic heterocycles. The normalized spacial score (nSPS) is 12.7. The highest BCUT2D eigenvalue weighted by molar-refractivity contribution is 7.98. The first-order chi connectivity index (χ1) is 10.7. The number of quaternary nitrogens is 1. The average molecular weight is 334 g/mol. The standard InChI is InChI=1S/C17H17ClN2OS/c1-20(11-14-4-3-7-21-14)10-13-8-12-5-6-15(22-2)9-16(12)19-17(13)18/h3-9H,10-11H2,1-2H3/p+1. The first-order valence-electron chi connectivity index (χ1n) is 7.12. The molecule has 22 heavy (non-hydrogen) atoms. The van der Waals surface area contributed by atoms with E-state index in [9.17, 15) is 0 Å². The van der Waals surface area contributed by atoms with E-state index in [0.717, 1.165) is 35.3 Å². The fourth-order valence-corrected chi connectivity index (χ4v) is 3.16.